The monoisotopic (exact) mass is 403 g/mol. The van der Waals surface area contributed by atoms with Gasteiger partial charge in [0.25, 0.3) is 0 Å². The lowest BCUT2D eigenvalue weighted by molar-refractivity contribution is -0.125. The van der Waals surface area contributed by atoms with Crippen molar-refractivity contribution < 1.29 is 9.53 Å². The number of nitrogens with one attached hydrogen (secondary N) is 1. The Morgan fingerprint density at radius 3 is 2.53 bits per heavy atom. The minimum Gasteiger partial charge on any atom is -0.496 e. The number of nitrogens with zero attached hydrogens (tertiary/aromatic N) is 4. The summed E-state index contributed by atoms with van der Waals surface area (Å²) in [5.41, 5.74) is 2.80. The summed E-state index contributed by atoms with van der Waals surface area (Å²) in [7, 11) is 1.64. The lowest BCUT2D eigenvalue weighted by atomic mass is 9.95. The Morgan fingerprint density at radius 2 is 1.83 bits per heavy atom. The molecule has 1 amide bonds. The van der Waals surface area contributed by atoms with Gasteiger partial charge in [0.05, 0.1) is 12.8 Å². The number of piperidine rings is 1. The maximum Gasteiger partial charge on any atom is 0.223 e. The zero-order chi connectivity index (χ0) is 20.8. The quantitative estimate of drug-likeness (QED) is 0.681. The molecule has 1 aliphatic heterocycles. The summed E-state index contributed by atoms with van der Waals surface area (Å²) in [6.45, 7) is 2.05. The molecule has 7 nitrogen and oxygen atoms in total. The van der Waals surface area contributed by atoms with E-state index >= 15 is 0 Å². The smallest absolute Gasteiger partial charge is 0.223 e. The van der Waals surface area contributed by atoms with E-state index < -0.39 is 0 Å². The molecular formula is C23H25N5O2. The zero-order valence-corrected chi connectivity index (χ0v) is 17.0. The molecule has 154 valence electrons. The van der Waals surface area contributed by atoms with Crippen LogP contribution in [0.1, 0.15) is 18.4 Å². The Morgan fingerprint density at radius 1 is 1.07 bits per heavy atom. The van der Waals surface area contributed by atoms with Crippen molar-refractivity contribution in [2.75, 3.05) is 25.1 Å². The first kappa shape index (κ1) is 19.8. The molecule has 4 rings (SSSR count). The van der Waals surface area contributed by atoms with Crippen molar-refractivity contribution in [3.8, 4) is 17.0 Å². The summed E-state index contributed by atoms with van der Waals surface area (Å²) in [4.78, 5) is 18.8. The molecular weight excluding hydrogens is 378 g/mol. The first-order valence-corrected chi connectivity index (χ1v) is 10.1. The third kappa shape index (κ3) is 4.56. The topological polar surface area (TPSA) is 80.2 Å². The van der Waals surface area contributed by atoms with Crippen LogP contribution >= 0.6 is 0 Å². The Hall–Kier alpha value is -3.48. The molecule has 0 atom stereocenters. The fourth-order valence-electron chi connectivity index (χ4n) is 3.72. The number of ether oxygens (including phenoxy) is 1. The van der Waals surface area contributed by atoms with Gasteiger partial charge in [0, 0.05) is 49.1 Å². The normalized spacial score (nSPS) is 14.4. The lowest BCUT2D eigenvalue weighted by Gasteiger charge is -2.31. The first-order chi connectivity index (χ1) is 14.7. The van der Waals surface area contributed by atoms with E-state index in [0.717, 1.165) is 54.3 Å². The first-order valence-electron chi connectivity index (χ1n) is 10.1. The molecule has 1 fully saturated rings. The molecule has 0 unspecified atom stereocenters. The Labute approximate surface area is 176 Å². The molecule has 0 aliphatic carbocycles. The summed E-state index contributed by atoms with van der Waals surface area (Å²) in [6.07, 6.45) is 5.08. The Balaban J connectivity index is 1.30. The van der Waals surface area contributed by atoms with Crippen LogP contribution in [-0.4, -0.2) is 41.3 Å². The molecule has 1 N–H and O–H groups in total. The van der Waals surface area contributed by atoms with Crippen molar-refractivity contribution in [2.24, 2.45) is 5.92 Å². The standard InChI is InChI=1S/C23H25N5O2/c1-30-21-5-3-2-4-19(21)16-25-23(29)18-10-14-28(15-11-18)22-7-6-20(26-27-22)17-8-12-24-13-9-17/h2-9,12-13,18H,10-11,14-16H2,1H3,(H,25,29). The summed E-state index contributed by atoms with van der Waals surface area (Å²) in [5.74, 6) is 1.75. The number of methoxy groups -OCH3 is 1. The van der Waals surface area contributed by atoms with E-state index in [1.54, 1.807) is 19.5 Å². The van der Waals surface area contributed by atoms with Crippen LogP contribution in [0.15, 0.2) is 60.9 Å². The molecule has 1 aromatic carbocycles. The van der Waals surface area contributed by atoms with E-state index in [1.807, 2.05) is 48.5 Å². The largest absolute Gasteiger partial charge is 0.496 e. The van der Waals surface area contributed by atoms with Gasteiger partial charge in [0.15, 0.2) is 5.82 Å². The van der Waals surface area contributed by atoms with Crippen LogP contribution in [-0.2, 0) is 11.3 Å². The Bertz CT molecular complexity index is 970. The van der Waals surface area contributed by atoms with Crippen LogP contribution in [0.5, 0.6) is 5.75 Å². The number of anilines is 1. The fourth-order valence-corrected chi connectivity index (χ4v) is 3.72. The average molecular weight is 403 g/mol. The van der Waals surface area contributed by atoms with Gasteiger partial charge in [-0.3, -0.25) is 9.78 Å². The second kappa shape index (κ2) is 9.35. The number of hydrogen-bond donors (Lipinski definition) is 1. The number of aromatic nitrogens is 3. The minimum atomic E-state index is 0.0139. The Kier molecular flexibility index (Phi) is 6.17. The van der Waals surface area contributed by atoms with Crippen LogP contribution < -0.4 is 15.0 Å². The third-order valence-corrected chi connectivity index (χ3v) is 5.46. The van der Waals surface area contributed by atoms with Gasteiger partial charge >= 0.3 is 0 Å². The third-order valence-electron chi connectivity index (χ3n) is 5.46. The van der Waals surface area contributed by atoms with E-state index in [1.165, 1.54) is 0 Å². The van der Waals surface area contributed by atoms with Crippen LogP contribution in [0.2, 0.25) is 0 Å². The molecule has 2 aromatic heterocycles. The van der Waals surface area contributed by atoms with E-state index in [-0.39, 0.29) is 11.8 Å². The zero-order valence-electron chi connectivity index (χ0n) is 17.0. The van der Waals surface area contributed by atoms with Gasteiger partial charge in [-0.05, 0) is 43.2 Å². The van der Waals surface area contributed by atoms with Crippen LogP contribution in [0, 0.1) is 5.92 Å². The van der Waals surface area contributed by atoms with Gasteiger partial charge < -0.3 is 15.0 Å². The molecule has 7 heteroatoms. The number of hydrogen-bond acceptors (Lipinski definition) is 6. The average Bonchev–Trinajstić information content (AvgIpc) is 2.83. The van der Waals surface area contributed by atoms with Crippen LogP contribution in [0.25, 0.3) is 11.3 Å². The van der Waals surface area contributed by atoms with Crippen molar-refractivity contribution in [3.63, 3.8) is 0 Å². The summed E-state index contributed by atoms with van der Waals surface area (Å²) in [6, 6.07) is 15.5. The molecule has 1 saturated heterocycles. The SMILES string of the molecule is COc1ccccc1CNC(=O)C1CCN(c2ccc(-c3ccncc3)nn2)CC1. The van der Waals surface area contributed by atoms with Gasteiger partial charge in [-0.15, -0.1) is 10.2 Å². The van der Waals surface area contributed by atoms with Crippen LogP contribution in [0.4, 0.5) is 5.82 Å². The summed E-state index contributed by atoms with van der Waals surface area (Å²) in [5, 5.41) is 11.8. The fraction of sp³-hybridized carbons (Fsp3) is 0.304. The second-order valence-corrected chi connectivity index (χ2v) is 7.30. The summed E-state index contributed by atoms with van der Waals surface area (Å²) < 4.78 is 5.35. The van der Waals surface area contributed by atoms with E-state index in [0.29, 0.717) is 6.54 Å². The van der Waals surface area contributed by atoms with Crippen molar-refractivity contribution in [2.45, 2.75) is 19.4 Å². The van der Waals surface area contributed by atoms with Crippen LogP contribution in [0.3, 0.4) is 0 Å². The van der Waals surface area contributed by atoms with E-state index in [9.17, 15) is 4.79 Å². The molecule has 3 heterocycles. The number of rotatable bonds is 6. The molecule has 0 saturated carbocycles. The number of amides is 1. The van der Waals surface area contributed by atoms with Gasteiger partial charge in [0.1, 0.15) is 5.75 Å². The number of benzene rings is 1. The number of carbonyl (C=O) groups is 1. The van der Waals surface area contributed by atoms with E-state index in [4.69, 9.17) is 4.74 Å². The molecule has 0 bridgehead atoms. The maximum atomic E-state index is 12.6. The van der Waals surface area contributed by atoms with Crippen molar-refractivity contribution in [1.29, 1.82) is 0 Å². The highest BCUT2D eigenvalue weighted by Crippen LogP contribution is 2.24. The highest BCUT2D eigenvalue weighted by Gasteiger charge is 2.25. The number of para-hydroxylation sites is 1. The van der Waals surface area contributed by atoms with Gasteiger partial charge in [-0.2, -0.15) is 0 Å². The second-order valence-electron chi connectivity index (χ2n) is 7.30. The number of carbonyl (C=O) groups excluding carboxylic acids is 1. The van der Waals surface area contributed by atoms with E-state index in [2.05, 4.69) is 25.4 Å². The minimum absolute atomic E-state index is 0.0139. The van der Waals surface area contributed by atoms with Gasteiger partial charge in [0.2, 0.25) is 5.91 Å². The lowest BCUT2D eigenvalue weighted by Crippen LogP contribution is -2.40. The molecule has 1 aliphatic rings. The van der Waals surface area contributed by atoms with Gasteiger partial charge in [-0.25, -0.2) is 0 Å². The maximum absolute atomic E-state index is 12.6. The predicted octanol–water partition coefficient (Wildman–Crippen LogP) is 3.08. The highest BCUT2D eigenvalue weighted by atomic mass is 16.5. The molecule has 0 radical (unpaired) electrons. The molecule has 3 aromatic rings. The van der Waals surface area contributed by atoms with Crippen molar-refractivity contribution in [3.05, 3.63) is 66.5 Å². The molecule has 30 heavy (non-hydrogen) atoms. The highest BCUT2D eigenvalue weighted by molar-refractivity contribution is 5.79. The predicted molar refractivity (Wildman–Crippen MR) is 115 cm³/mol. The summed E-state index contributed by atoms with van der Waals surface area (Å²) >= 11 is 0. The van der Waals surface area contributed by atoms with Crippen molar-refractivity contribution >= 4 is 11.7 Å². The van der Waals surface area contributed by atoms with Gasteiger partial charge in [-0.1, -0.05) is 18.2 Å². The molecule has 0 spiro atoms. The number of pyridine rings is 1. The van der Waals surface area contributed by atoms with Crippen molar-refractivity contribution in [1.82, 2.24) is 20.5 Å².